The molecular weight excluding hydrogens is 292 g/mol. The molecule has 0 atom stereocenters. The SMILES string of the molecule is COc1cc(Br)ccc1CN1CCC(F)(F)C1. The number of alkyl halides is 2. The molecule has 1 fully saturated rings. The van der Waals surface area contributed by atoms with Crippen molar-refractivity contribution in [3.05, 3.63) is 28.2 Å². The first-order chi connectivity index (χ1) is 8.00. The quantitative estimate of drug-likeness (QED) is 0.849. The molecule has 5 heteroatoms. The zero-order chi connectivity index (χ0) is 12.5. The van der Waals surface area contributed by atoms with Crippen LogP contribution in [-0.2, 0) is 6.54 Å². The van der Waals surface area contributed by atoms with Crippen LogP contribution in [0.25, 0.3) is 0 Å². The van der Waals surface area contributed by atoms with Crippen molar-refractivity contribution < 1.29 is 13.5 Å². The number of ether oxygens (including phenoxy) is 1. The molecule has 0 saturated carbocycles. The summed E-state index contributed by atoms with van der Waals surface area (Å²) in [4.78, 5) is 1.76. The topological polar surface area (TPSA) is 12.5 Å². The number of hydrogen-bond acceptors (Lipinski definition) is 2. The first-order valence-corrected chi connectivity index (χ1v) is 6.22. The molecule has 1 aliphatic heterocycles. The molecular formula is C12H14BrF2NO. The van der Waals surface area contributed by atoms with E-state index in [4.69, 9.17) is 4.74 Å². The number of halogens is 3. The van der Waals surface area contributed by atoms with Crippen molar-refractivity contribution in [3.63, 3.8) is 0 Å². The van der Waals surface area contributed by atoms with E-state index in [1.165, 1.54) is 0 Å². The van der Waals surface area contributed by atoms with E-state index in [0.29, 0.717) is 13.1 Å². The lowest BCUT2D eigenvalue weighted by Crippen LogP contribution is -2.25. The molecule has 2 nitrogen and oxygen atoms in total. The number of likely N-dealkylation sites (tertiary alicyclic amines) is 1. The average molecular weight is 306 g/mol. The minimum atomic E-state index is -2.54. The number of benzene rings is 1. The van der Waals surface area contributed by atoms with Gasteiger partial charge in [-0.1, -0.05) is 22.0 Å². The highest BCUT2D eigenvalue weighted by Gasteiger charge is 2.38. The van der Waals surface area contributed by atoms with Crippen LogP contribution in [-0.4, -0.2) is 31.0 Å². The highest BCUT2D eigenvalue weighted by molar-refractivity contribution is 9.10. The zero-order valence-corrected chi connectivity index (χ0v) is 11.1. The van der Waals surface area contributed by atoms with Crippen LogP contribution >= 0.6 is 15.9 Å². The first-order valence-electron chi connectivity index (χ1n) is 5.43. The van der Waals surface area contributed by atoms with Crippen LogP contribution in [0.15, 0.2) is 22.7 Å². The van der Waals surface area contributed by atoms with E-state index >= 15 is 0 Å². The summed E-state index contributed by atoms with van der Waals surface area (Å²) in [6.07, 6.45) is -0.0498. The van der Waals surface area contributed by atoms with Crippen molar-refractivity contribution in [2.24, 2.45) is 0 Å². The van der Waals surface area contributed by atoms with Crippen molar-refractivity contribution in [1.29, 1.82) is 0 Å². The van der Waals surface area contributed by atoms with Crippen LogP contribution in [0.1, 0.15) is 12.0 Å². The number of hydrogen-bond donors (Lipinski definition) is 0. The maximum absolute atomic E-state index is 13.1. The van der Waals surface area contributed by atoms with Crippen LogP contribution in [0.4, 0.5) is 8.78 Å². The summed E-state index contributed by atoms with van der Waals surface area (Å²) in [6, 6.07) is 5.65. The summed E-state index contributed by atoms with van der Waals surface area (Å²) in [5, 5.41) is 0. The summed E-state index contributed by atoms with van der Waals surface area (Å²) in [5.41, 5.74) is 0.938. The van der Waals surface area contributed by atoms with Crippen LogP contribution in [0.3, 0.4) is 0 Å². The summed E-state index contributed by atoms with van der Waals surface area (Å²) < 4.78 is 32.3. The molecule has 0 aliphatic carbocycles. The molecule has 94 valence electrons. The highest BCUT2D eigenvalue weighted by Crippen LogP contribution is 2.30. The molecule has 0 bridgehead atoms. The van der Waals surface area contributed by atoms with Gasteiger partial charge in [0.05, 0.1) is 13.7 Å². The van der Waals surface area contributed by atoms with Crippen LogP contribution in [0.2, 0.25) is 0 Å². The monoisotopic (exact) mass is 305 g/mol. The molecule has 17 heavy (non-hydrogen) atoms. The fourth-order valence-electron chi connectivity index (χ4n) is 2.03. The van der Waals surface area contributed by atoms with E-state index in [1.54, 1.807) is 12.0 Å². The van der Waals surface area contributed by atoms with Crippen molar-refractivity contribution >= 4 is 15.9 Å². The molecule has 1 aromatic rings. The van der Waals surface area contributed by atoms with Crippen molar-refractivity contribution in [2.75, 3.05) is 20.2 Å². The number of nitrogens with zero attached hydrogens (tertiary/aromatic N) is 1. The van der Waals surface area contributed by atoms with Gasteiger partial charge in [-0.15, -0.1) is 0 Å². The van der Waals surface area contributed by atoms with E-state index in [1.807, 2.05) is 18.2 Å². The molecule has 2 rings (SSSR count). The molecule has 0 spiro atoms. The third kappa shape index (κ3) is 3.16. The van der Waals surface area contributed by atoms with E-state index in [0.717, 1.165) is 15.8 Å². The van der Waals surface area contributed by atoms with Gasteiger partial charge in [0.25, 0.3) is 5.92 Å². The summed E-state index contributed by atoms with van der Waals surface area (Å²) in [5.74, 6) is -1.81. The van der Waals surface area contributed by atoms with Crippen molar-refractivity contribution in [1.82, 2.24) is 4.90 Å². The van der Waals surface area contributed by atoms with Crippen LogP contribution < -0.4 is 4.74 Å². The smallest absolute Gasteiger partial charge is 0.261 e. The lowest BCUT2D eigenvalue weighted by molar-refractivity contribution is 0.0114. The zero-order valence-electron chi connectivity index (χ0n) is 9.55. The minimum Gasteiger partial charge on any atom is -0.496 e. The Morgan fingerprint density at radius 1 is 1.47 bits per heavy atom. The van der Waals surface area contributed by atoms with Gasteiger partial charge in [-0.3, -0.25) is 4.90 Å². The van der Waals surface area contributed by atoms with Crippen LogP contribution in [0, 0.1) is 0 Å². The van der Waals surface area contributed by atoms with Crippen molar-refractivity contribution in [3.8, 4) is 5.75 Å². The van der Waals surface area contributed by atoms with Crippen LogP contribution in [0.5, 0.6) is 5.75 Å². The summed E-state index contributed by atoms with van der Waals surface area (Å²) >= 11 is 3.35. The second-order valence-electron chi connectivity index (χ2n) is 4.27. The third-order valence-corrected chi connectivity index (χ3v) is 3.39. The fourth-order valence-corrected chi connectivity index (χ4v) is 2.37. The number of methoxy groups -OCH3 is 1. The van der Waals surface area contributed by atoms with Gasteiger partial charge in [0.2, 0.25) is 0 Å². The lowest BCUT2D eigenvalue weighted by atomic mass is 10.2. The van der Waals surface area contributed by atoms with E-state index < -0.39 is 5.92 Å². The van der Waals surface area contributed by atoms with Gasteiger partial charge in [0.15, 0.2) is 0 Å². The molecule has 0 amide bonds. The van der Waals surface area contributed by atoms with Crippen molar-refractivity contribution in [2.45, 2.75) is 18.9 Å². The van der Waals surface area contributed by atoms with Gasteiger partial charge in [-0.25, -0.2) is 8.78 Å². The van der Waals surface area contributed by atoms with Gasteiger partial charge in [0.1, 0.15) is 5.75 Å². The predicted molar refractivity (Wildman–Crippen MR) is 65.5 cm³/mol. The standard InChI is InChI=1S/C12H14BrF2NO/c1-17-11-6-10(13)3-2-9(11)7-16-5-4-12(14,15)8-16/h2-3,6H,4-5,7-8H2,1H3. The Kier molecular flexibility index (Phi) is 3.68. The van der Waals surface area contributed by atoms with Gasteiger partial charge >= 0.3 is 0 Å². The van der Waals surface area contributed by atoms with E-state index in [2.05, 4.69) is 15.9 Å². The largest absolute Gasteiger partial charge is 0.496 e. The normalized spacial score (nSPS) is 19.5. The maximum Gasteiger partial charge on any atom is 0.261 e. The molecule has 0 radical (unpaired) electrons. The average Bonchev–Trinajstić information content (AvgIpc) is 2.61. The predicted octanol–water partition coefficient (Wildman–Crippen LogP) is 3.30. The summed E-state index contributed by atoms with van der Waals surface area (Å²) in [7, 11) is 1.59. The Bertz CT molecular complexity index is 411. The molecule has 0 unspecified atom stereocenters. The maximum atomic E-state index is 13.1. The highest BCUT2D eigenvalue weighted by atomic mass is 79.9. The lowest BCUT2D eigenvalue weighted by Gasteiger charge is -2.17. The molecule has 0 aromatic heterocycles. The minimum absolute atomic E-state index is 0.0498. The number of rotatable bonds is 3. The second kappa shape index (κ2) is 4.90. The van der Waals surface area contributed by atoms with E-state index in [9.17, 15) is 8.78 Å². The molecule has 1 aromatic carbocycles. The Morgan fingerprint density at radius 3 is 2.82 bits per heavy atom. The first kappa shape index (κ1) is 12.8. The van der Waals surface area contributed by atoms with Gasteiger partial charge in [0, 0.05) is 29.5 Å². The third-order valence-electron chi connectivity index (χ3n) is 2.89. The van der Waals surface area contributed by atoms with Gasteiger partial charge < -0.3 is 4.74 Å². The Labute approximate surface area is 108 Å². The fraction of sp³-hybridized carbons (Fsp3) is 0.500. The summed E-state index contributed by atoms with van der Waals surface area (Å²) in [6.45, 7) is 0.782. The molecule has 1 saturated heterocycles. The van der Waals surface area contributed by atoms with Gasteiger partial charge in [-0.05, 0) is 12.1 Å². The Morgan fingerprint density at radius 2 is 2.24 bits per heavy atom. The van der Waals surface area contributed by atoms with E-state index in [-0.39, 0.29) is 13.0 Å². The Balaban J connectivity index is 2.09. The molecule has 0 N–H and O–H groups in total. The van der Waals surface area contributed by atoms with Gasteiger partial charge in [-0.2, -0.15) is 0 Å². The molecule has 1 aliphatic rings. The second-order valence-corrected chi connectivity index (χ2v) is 5.19. The Hall–Kier alpha value is -0.680. The molecule has 1 heterocycles.